The van der Waals surface area contributed by atoms with Crippen LogP contribution in [0, 0.1) is 11.8 Å². The number of benzene rings is 1. The Morgan fingerprint density at radius 2 is 2.00 bits per heavy atom. The smallest absolute Gasteiger partial charge is 0.260 e. The normalized spacial score (nSPS) is 14.7. The number of likely N-dealkylation sites (N-methyl/N-ethyl adjacent to an activating group) is 1. The number of nitrogens with zero attached hydrogens (tertiary/aromatic N) is 1. The predicted octanol–water partition coefficient (Wildman–Crippen LogP) is 2.15. The minimum atomic E-state index is -0.0412. The van der Waals surface area contributed by atoms with Crippen LogP contribution in [0.5, 0.6) is 5.75 Å². The summed E-state index contributed by atoms with van der Waals surface area (Å²) in [6, 6.07) is 7.16. The van der Waals surface area contributed by atoms with Crippen LogP contribution in [0.25, 0.3) is 0 Å². The Morgan fingerprint density at radius 1 is 1.32 bits per heavy atom. The van der Waals surface area contributed by atoms with E-state index < -0.39 is 0 Å². The molecule has 1 unspecified atom stereocenters. The van der Waals surface area contributed by atoms with Gasteiger partial charge >= 0.3 is 0 Å². The van der Waals surface area contributed by atoms with Gasteiger partial charge in [-0.2, -0.15) is 0 Å². The van der Waals surface area contributed by atoms with E-state index in [-0.39, 0.29) is 36.7 Å². The number of halogens is 1. The lowest BCUT2D eigenvalue weighted by molar-refractivity contribution is -0.133. The van der Waals surface area contributed by atoms with Crippen molar-refractivity contribution in [3.05, 3.63) is 24.3 Å². The monoisotopic (exact) mass is 369 g/mol. The maximum absolute atomic E-state index is 12.3. The highest BCUT2D eigenvalue weighted by atomic mass is 35.5. The van der Waals surface area contributed by atoms with Gasteiger partial charge in [0.25, 0.3) is 5.91 Å². The van der Waals surface area contributed by atoms with Crippen molar-refractivity contribution in [2.24, 2.45) is 11.8 Å². The van der Waals surface area contributed by atoms with Crippen molar-refractivity contribution in [3.63, 3.8) is 0 Å². The number of hydrogen-bond donors (Lipinski definition) is 2. The Kier molecular flexibility index (Phi) is 8.72. The van der Waals surface area contributed by atoms with E-state index in [1.807, 2.05) is 32.9 Å². The molecule has 0 spiro atoms. The average molecular weight is 370 g/mol. The molecule has 2 N–H and O–H groups in total. The molecule has 0 aromatic heterocycles. The van der Waals surface area contributed by atoms with E-state index in [0.29, 0.717) is 30.4 Å². The van der Waals surface area contributed by atoms with E-state index in [0.717, 1.165) is 13.1 Å². The molecule has 2 amide bonds. The predicted molar refractivity (Wildman–Crippen MR) is 101 cm³/mol. The molecule has 0 aliphatic carbocycles. The molecule has 1 atom stereocenters. The van der Waals surface area contributed by atoms with Gasteiger partial charge in [0.05, 0.1) is 0 Å². The molecule has 0 bridgehead atoms. The van der Waals surface area contributed by atoms with Crippen LogP contribution in [0.2, 0.25) is 0 Å². The third-order valence-electron chi connectivity index (χ3n) is 4.51. The molecule has 25 heavy (non-hydrogen) atoms. The van der Waals surface area contributed by atoms with Crippen molar-refractivity contribution in [3.8, 4) is 5.75 Å². The molecule has 1 aromatic carbocycles. The van der Waals surface area contributed by atoms with Crippen LogP contribution in [0.4, 0.5) is 5.69 Å². The third-order valence-corrected chi connectivity index (χ3v) is 4.51. The van der Waals surface area contributed by atoms with E-state index in [2.05, 4.69) is 10.6 Å². The fourth-order valence-electron chi connectivity index (χ4n) is 2.61. The zero-order valence-corrected chi connectivity index (χ0v) is 15.9. The van der Waals surface area contributed by atoms with Crippen molar-refractivity contribution in [1.82, 2.24) is 10.2 Å². The maximum Gasteiger partial charge on any atom is 0.260 e. The summed E-state index contributed by atoms with van der Waals surface area (Å²) >= 11 is 0. The highest BCUT2D eigenvalue weighted by molar-refractivity contribution is 5.92. The Labute approximate surface area is 155 Å². The van der Waals surface area contributed by atoms with Crippen LogP contribution in [0.3, 0.4) is 0 Å². The minimum absolute atomic E-state index is 0. The molecule has 1 fully saturated rings. The van der Waals surface area contributed by atoms with Gasteiger partial charge in [-0.15, -0.1) is 12.4 Å². The van der Waals surface area contributed by atoms with Crippen molar-refractivity contribution in [2.75, 3.05) is 38.1 Å². The van der Waals surface area contributed by atoms with Gasteiger partial charge in [0.1, 0.15) is 5.75 Å². The topological polar surface area (TPSA) is 70.7 Å². The van der Waals surface area contributed by atoms with Gasteiger partial charge in [-0.25, -0.2) is 0 Å². The Balaban J connectivity index is 0.00000312. The summed E-state index contributed by atoms with van der Waals surface area (Å²) < 4.78 is 5.56. The number of rotatable bonds is 8. The zero-order valence-electron chi connectivity index (χ0n) is 15.1. The molecule has 1 heterocycles. The van der Waals surface area contributed by atoms with E-state index in [4.69, 9.17) is 4.74 Å². The first-order valence-electron chi connectivity index (χ1n) is 8.57. The number of anilines is 1. The number of amides is 2. The summed E-state index contributed by atoms with van der Waals surface area (Å²) in [5.41, 5.74) is 0.687. The van der Waals surface area contributed by atoms with Crippen molar-refractivity contribution in [2.45, 2.75) is 20.8 Å². The number of ether oxygens (including phenoxy) is 1. The van der Waals surface area contributed by atoms with E-state index in [1.54, 1.807) is 17.0 Å². The lowest BCUT2D eigenvalue weighted by atomic mass is 9.88. The van der Waals surface area contributed by atoms with Crippen LogP contribution < -0.4 is 15.4 Å². The second-order valence-electron chi connectivity index (χ2n) is 6.08. The van der Waals surface area contributed by atoms with E-state index in [1.165, 1.54) is 0 Å². The van der Waals surface area contributed by atoms with Crippen molar-refractivity contribution >= 4 is 29.9 Å². The quantitative estimate of drug-likeness (QED) is 0.736. The van der Waals surface area contributed by atoms with Gasteiger partial charge in [0.15, 0.2) is 6.61 Å². The van der Waals surface area contributed by atoms with Gasteiger partial charge in [0, 0.05) is 30.8 Å². The number of carbonyl (C=O) groups is 2. The molecule has 1 aliphatic rings. The van der Waals surface area contributed by atoms with Crippen LogP contribution in [-0.2, 0) is 9.59 Å². The largest absolute Gasteiger partial charge is 0.484 e. The molecule has 0 saturated carbocycles. The van der Waals surface area contributed by atoms with Crippen LogP contribution >= 0.6 is 12.4 Å². The van der Waals surface area contributed by atoms with Crippen molar-refractivity contribution < 1.29 is 14.3 Å². The highest BCUT2D eigenvalue weighted by Crippen LogP contribution is 2.21. The summed E-state index contributed by atoms with van der Waals surface area (Å²) in [5.74, 6) is 0.917. The first-order valence-corrected chi connectivity index (χ1v) is 8.57. The molecule has 7 heteroatoms. The lowest BCUT2D eigenvalue weighted by Crippen LogP contribution is -2.48. The van der Waals surface area contributed by atoms with Crippen LogP contribution in [-0.4, -0.2) is 49.5 Å². The van der Waals surface area contributed by atoms with Gasteiger partial charge in [-0.3, -0.25) is 9.59 Å². The van der Waals surface area contributed by atoms with Gasteiger partial charge in [-0.05, 0) is 45.0 Å². The number of hydrogen-bond acceptors (Lipinski definition) is 4. The summed E-state index contributed by atoms with van der Waals surface area (Å²) in [5, 5.41) is 6.10. The zero-order chi connectivity index (χ0) is 17.5. The first-order chi connectivity index (χ1) is 11.5. The summed E-state index contributed by atoms with van der Waals surface area (Å²) in [4.78, 5) is 25.9. The van der Waals surface area contributed by atoms with E-state index >= 15 is 0 Å². The van der Waals surface area contributed by atoms with Crippen LogP contribution in [0.1, 0.15) is 20.8 Å². The standard InChI is InChI=1S/C18H27N3O3.ClH/c1-4-21(5-2)17(22)12-24-16-8-6-7-15(9-16)20-18(23)13(3)14-10-19-11-14;/h6-9,13-14,19H,4-5,10-12H2,1-3H3,(H,20,23);1H. The minimum Gasteiger partial charge on any atom is -0.484 e. The summed E-state index contributed by atoms with van der Waals surface area (Å²) in [6.45, 7) is 8.96. The Hall–Kier alpha value is -1.79. The molecule has 1 aliphatic heterocycles. The molecule has 1 saturated heterocycles. The van der Waals surface area contributed by atoms with Gasteiger partial charge in [0.2, 0.25) is 5.91 Å². The molecular weight excluding hydrogens is 342 g/mol. The maximum atomic E-state index is 12.3. The molecule has 2 rings (SSSR count). The van der Waals surface area contributed by atoms with Crippen molar-refractivity contribution in [1.29, 1.82) is 0 Å². The summed E-state index contributed by atoms with van der Waals surface area (Å²) in [7, 11) is 0. The molecular formula is C18H28ClN3O3. The second-order valence-corrected chi connectivity index (χ2v) is 6.08. The fourth-order valence-corrected chi connectivity index (χ4v) is 2.61. The number of carbonyl (C=O) groups excluding carboxylic acids is 2. The average Bonchev–Trinajstić information content (AvgIpc) is 2.52. The van der Waals surface area contributed by atoms with Gasteiger partial charge < -0.3 is 20.3 Å². The number of nitrogens with one attached hydrogen (secondary N) is 2. The molecule has 1 aromatic rings. The highest BCUT2D eigenvalue weighted by Gasteiger charge is 2.28. The molecule has 6 nitrogen and oxygen atoms in total. The fraction of sp³-hybridized carbons (Fsp3) is 0.556. The summed E-state index contributed by atoms with van der Waals surface area (Å²) in [6.07, 6.45) is 0. The molecule has 140 valence electrons. The van der Waals surface area contributed by atoms with Gasteiger partial charge in [-0.1, -0.05) is 13.0 Å². The third kappa shape index (κ3) is 5.90. The Morgan fingerprint density at radius 3 is 2.56 bits per heavy atom. The SMILES string of the molecule is CCN(CC)C(=O)COc1cccc(NC(=O)C(C)C2CNC2)c1.Cl. The van der Waals surface area contributed by atoms with Crippen LogP contribution in [0.15, 0.2) is 24.3 Å². The lowest BCUT2D eigenvalue weighted by Gasteiger charge is -2.31. The first kappa shape index (κ1) is 21.3. The second kappa shape index (κ2) is 10.3. The Bertz CT molecular complexity index is 574. The molecule has 0 radical (unpaired) electrons. The van der Waals surface area contributed by atoms with E-state index in [9.17, 15) is 9.59 Å².